The summed E-state index contributed by atoms with van der Waals surface area (Å²) >= 11 is 0. The summed E-state index contributed by atoms with van der Waals surface area (Å²) in [5.74, 6) is -0.452. The monoisotopic (exact) mass is 281 g/mol. The van der Waals surface area contributed by atoms with Crippen LogP contribution in [0.3, 0.4) is 0 Å². The molecule has 0 atom stereocenters. The van der Waals surface area contributed by atoms with Crippen molar-refractivity contribution in [1.82, 2.24) is 4.90 Å². The molecule has 0 bridgehead atoms. The molecule has 1 aromatic rings. The molecule has 0 aliphatic carbocycles. The van der Waals surface area contributed by atoms with Crippen LogP contribution < -0.4 is 5.46 Å². The van der Waals surface area contributed by atoms with Gasteiger partial charge in [0.25, 0.3) is 0 Å². The molecule has 0 unspecified atom stereocenters. The van der Waals surface area contributed by atoms with Gasteiger partial charge in [0.2, 0.25) is 0 Å². The van der Waals surface area contributed by atoms with Gasteiger partial charge in [-0.1, -0.05) is 6.07 Å². The van der Waals surface area contributed by atoms with E-state index < -0.39 is 12.9 Å². The Labute approximate surface area is 119 Å². The zero-order valence-electron chi connectivity index (χ0n) is 11.8. The number of benzene rings is 1. The van der Waals surface area contributed by atoms with Crippen molar-refractivity contribution in [3.05, 3.63) is 29.6 Å². The third-order valence-electron chi connectivity index (χ3n) is 3.72. The average Bonchev–Trinajstić information content (AvgIpc) is 2.43. The fourth-order valence-electron chi connectivity index (χ4n) is 2.66. The van der Waals surface area contributed by atoms with Crippen LogP contribution in [0, 0.1) is 5.82 Å². The number of hydrogen-bond acceptors (Lipinski definition) is 4. The first-order valence-electron chi connectivity index (χ1n) is 7.08. The zero-order valence-corrected chi connectivity index (χ0v) is 11.8. The number of hydrogen-bond donors (Lipinski definition) is 2. The molecule has 6 heteroatoms. The lowest BCUT2D eigenvalue weighted by Crippen LogP contribution is -2.40. The Bertz CT molecular complexity index is 436. The Morgan fingerprint density at radius 2 is 2.05 bits per heavy atom. The minimum atomic E-state index is -1.64. The lowest BCUT2D eigenvalue weighted by Gasteiger charge is -2.32. The molecule has 2 rings (SSSR count). The van der Waals surface area contributed by atoms with Gasteiger partial charge in [-0.25, -0.2) is 4.39 Å². The van der Waals surface area contributed by atoms with E-state index in [0.717, 1.165) is 38.1 Å². The number of halogens is 1. The fraction of sp³-hybridized carbons (Fsp3) is 0.571. The quantitative estimate of drug-likeness (QED) is 0.772. The van der Waals surface area contributed by atoms with Gasteiger partial charge in [0.05, 0.1) is 6.10 Å². The third kappa shape index (κ3) is 4.02. The van der Waals surface area contributed by atoms with Crippen molar-refractivity contribution in [3.8, 4) is 0 Å². The molecule has 1 fully saturated rings. The summed E-state index contributed by atoms with van der Waals surface area (Å²) in [6, 6.07) is 4.17. The highest BCUT2D eigenvalue weighted by molar-refractivity contribution is 6.59. The Morgan fingerprint density at radius 3 is 2.65 bits per heavy atom. The Hall–Kier alpha value is -0.945. The first kappa shape index (κ1) is 15.4. The highest BCUT2D eigenvalue weighted by atomic mass is 19.1. The van der Waals surface area contributed by atoms with Crippen molar-refractivity contribution in [2.45, 2.75) is 32.4 Å². The van der Waals surface area contributed by atoms with E-state index in [4.69, 9.17) is 4.74 Å². The molecule has 1 aliphatic rings. The lowest BCUT2D eigenvalue weighted by molar-refractivity contribution is 0.0125. The number of piperidine rings is 1. The fourth-order valence-corrected chi connectivity index (χ4v) is 2.66. The molecule has 0 amide bonds. The molecule has 110 valence electrons. The second-order valence-electron chi connectivity index (χ2n) is 5.15. The number of likely N-dealkylation sites (tertiary alicyclic amines) is 1. The molecular weight excluding hydrogens is 260 g/mol. The summed E-state index contributed by atoms with van der Waals surface area (Å²) < 4.78 is 18.8. The van der Waals surface area contributed by atoms with Crippen LogP contribution in [0.25, 0.3) is 0 Å². The second kappa shape index (κ2) is 7.17. The topological polar surface area (TPSA) is 52.9 Å². The average molecular weight is 281 g/mol. The van der Waals surface area contributed by atoms with Crippen LogP contribution in [-0.2, 0) is 11.3 Å². The van der Waals surface area contributed by atoms with Crippen molar-refractivity contribution in [2.75, 3.05) is 19.7 Å². The van der Waals surface area contributed by atoms with Crippen molar-refractivity contribution < 1.29 is 19.2 Å². The summed E-state index contributed by atoms with van der Waals surface area (Å²) in [6.07, 6.45) is 2.28. The largest absolute Gasteiger partial charge is 0.488 e. The van der Waals surface area contributed by atoms with Gasteiger partial charge in [-0.3, -0.25) is 4.90 Å². The molecule has 0 radical (unpaired) electrons. The van der Waals surface area contributed by atoms with Crippen LogP contribution in [0.2, 0.25) is 0 Å². The van der Waals surface area contributed by atoms with Crippen LogP contribution in [0.1, 0.15) is 25.3 Å². The van der Waals surface area contributed by atoms with Gasteiger partial charge in [-0.05, 0) is 42.9 Å². The van der Waals surface area contributed by atoms with Crippen molar-refractivity contribution in [1.29, 1.82) is 0 Å². The van der Waals surface area contributed by atoms with E-state index in [-0.39, 0.29) is 5.46 Å². The number of nitrogens with zero attached hydrogens (tertiary/aromatic N) is 1. The van der Waals surface area contributed by atoms with Crippen molar-refractivity contribution in [2.24, 2.45) is 0 Å². The van der Waals surface area contributed by atoms with Gasteiger partial charge < -0.3 is 14.8 Å². The maximum atomic E-state index is 13.2. The highest BCUT2D eigenvalue weighted by Gasteiger charge is 2.22. The smallest absolute Gasteiger partial charge is 0.423 e. The first-order chi connectivity index (χ1) is 9.60. The van der Waals surface area contributed by atoms with Gasteiger partial charge in [0, 0.05) is 26.2 Å². The van der Waals surface area contributed by atoms with Crippen molar-refractivity contribution >= 4 is 12.6 Å². The predicted octanol–water partition coefficient (Wildman–Crippen LogP) is 0.506. The van der Waals surface area contributed by atoms with Crippen LogP contribution in [0.5, 0.6) is 0 Å². The molecule has 1 heterocycles. The predicted molar refractivity (Wildman–Crippen MR) is 76.2 cm³/mol. The molecular formula is C14H21BFNO3. The van der Waals surface area contributed by atoms with Crippen LogP contribution in [0.15, 0.2) is 18.2 Å². The maximum Gasteiger partial charge on any atom is 0.488 e. The van der Waals surface area contributed by atoms with Crippen LogP contribution >= 0.6 is 0 Å². The van der Waals surface area contributed by atoms with E-state index in [0.29, 0.717) is 12.6 Å². The highest BCUT2D eigenvalue weighted by Crippen LogP contribution is 2.16. The summed E-state index contributed by atoms with van der Waals surface area (Å²) in [6.45, 7) is 5.15. The van der Waals surface area contributed by atoms with Crippen molar-refractivity contribution in [3.63, 3.8) is 0 Å². The van der Waals surface area contributed by atoms with Crippen LogP contribution in [-0.4, -0.2) is 47.9 Å². The van der Waals surface area contributed by atoms with E-state index >= 15 is 0 Å². The van der Waals surface area contributed by atoms with E-state index in [9.17, 15) is 14.4 Å². The van der Waals surface area contributed by atoms with Gasteiger partial charge in [0.1, 0.15) is 5.82 Å². The second-order valence-corrected chi connectivity index (χ2v) is 5.15. The standard InChI is InChI=1S/C14H21BFNO3/c1-2-20-13-5-7-17(8-6-13)10-11-3-4-12(16)9-14(11)15(18)19/h3-4,9,13,18-19H,2,5-8,10H2,1H3. The van der Waals surface area contributed by atoms with Gasteiger partial charge in [-0.15, -0.1) is 0 Å². The van der Waals surface area contributed by atoms with Crippen LogP contribution in [0.4, 0.5) is 4.39 Å². The summed E-state index contributed by atoms with van der Waals surface area (Å²) in [5, 5.41) is 18.6. The molecule has 1 aliphatic heterocycles. The minimum absolute atomic E-state index is 0.247. The zero-order chi connectivity index (χ0) is 14.5. The van der Waals surface area contributed by atoms with E-state index in [2.05, 4.69) is 4.90 Å². The maximum absolute atomic E-state index is 13.2. The SMILES string of the molecule is CCOC1CCN(Cc2ccc(F)cc2B(O)O)CC1. The Morgan fingerprint density at radius 1 is 1.35 bits per heavy atom. The molecule has 20 heavy (non-hydrogen) atoms. The van der Waals surface area contributed by atoms with E-state index in [1.54, 1.807) is 6.07 Å². The first-order valence-corrected chi connectivity index (χ1v) is 7.08. The third-order valence-corrected chi connectivity index (χ3v) is 3.72. The lowest BCUT2D eigenvalue weighted by atomic mass is 9.76. The number of rotatable bonds is 5. The molecule has 1 saturated heterocycles. The molecule has 4 nitrogen and oxygen atoms in total. The molecule has 0 saturated carbocycles. The molecule has 2 N–H and O–H groups in total. The van der Waals surface area contributed by atoms with E-state index in [1.807, 2.05) is 6.92 Å². The van der Waals surface area contributed by atoms with Gasteiger partial charge in [0.15, 0.2) is 0 Å². The van der Waals surface area contributed by atoms with Gasteiger partial charge >= 0.3 is 7.12 Å². The Balaban J connectivity index is 1.97. The minimum Gasteiger partial charge on any atom is -0.423 e. The Kier molecular flexibility index (Phi) is 5.54. The van der Waals surface area contributed by atoms with Gasteiger partial charge in [-0.2, -0.15) is 0 Å². The summed E-state index contributed by atoms with van der Waals surface area (Å²) in [7, 11) is -1.64. The number of ether oxygens (including phenoxy) is 1. The summed E-state index contributed by atoms with van der Waals surface area (Å²) in [5.41, 5.74) is 1.01. The normalized spacial score (nSPS) is 17.4. The molecule has 1 aromatic carbocycles. The molecule has 0 aromatic heterocycles. The van der Waals surface area contributed by atoms with E-state index in [1.165, 1.54) is 12.1 Å². The summed E-state index contributed by atoms with van der Waals surface area (Å²) in [4.78, 5) is 2.23. The molecule has 0 spiro atoms.